The minimum atomic E-state index is 0.306. The molecule has 0 N–H and O–H groups in total. The number of ether oxygens (including phenoxy) is 2. The van der Waals surface area contributed by atoms with Crippen LogP contribution in [0.15, 0.2) is 48.5 Å². The molecule has 0 spiro atoms. The molecule has 2 fully saturated rings. The summed E-state index contributed by atoms with van der Waals surface area (Å²) in [6.07, 6.45) is 0.612. The van der Waals surface area contributed by atoms with E-state index < -0.39 is 0 Å². The molecule has 22 heavy (non-hydrogen) atoms. The van der Waals surface area contributed by atoms with Crippen molar-refractivity contribution in [1.29, 1.82) is 0 Å². The van der Waals surface area contributed by atoms with E-state index in [1.54, 1.807) is 0 Å². The van der Waals surface area contributed by atoms with Crippen LogP contribution in [0.5, 0.6) is 0 Å². The molecule has 2 saturated heterocycles. The molecule has 2 heteroatoms. The van der Waals surface area contributed by atoms with Gasteiger partial charge in [-0.3, -0.25) is 0 Å². The van der Waals surface area contributed by atoms with Crippen molar-refractivity contribution < 1.29 is 9.47 Å². The molecule has 0 radical (unpaired) electrons. The quantitative estimate of drug-likeness (QED) is 0.393. The van der Waals surface area contributed by atoms with Crippen LogP contribution in [0.4, 0.5) is 0 Å². The highest BCUT2D eigenvalue weighted by Gasteiger charge is 2.27. The lowest BCUT2D eigenvalue weighted by molar-refractivity contribution is 0.416. The van der Waals surface area contributed by atoms with Crippen LogP contribution in [0.25, 0.3) is 32.3 Å². The van der Waals surface area contributed by atoms with E-state index in [1.165, 1.54) is 43.4 Å². The van der Waals surface area contributed by atoms with Crippen LogP contribution < -0.4 is 0 Å². The second-order valence-electron chi connectivity index (χ2n) is 6.46. The Morgan fingerprint density at radius 2 is 0.909 bits per heavy atom. The summed E-state index contributed by atoms with van der Waals surface area (Å²) in [4.78, 5) is 0. The average Bonchev–Trinajstić information content (AvgIpc) is 3.43. The van der Waals surface area contributed by atoms with Crippen LogP contribution in [0, 0.1) is 0 Å². The SMILES string of the molecule is c1cc2cc(C3CO3)cc3ccc4cc(C5CO5)cc1c4c23. The van der Waals surface area contributed by atoms with Crippen molar-refractivity contribution in [3.63, 3.8) is 0 Å². The molecule has 2 nitrogen and oxygen atoms in total. The molecule has 0 aromatic heterocycles. The van der Waals surface area contributed by atoms with Gasteiger partial charge in [0.25, 0.3) is 0 Å². The van der Waals surface area contributed by atoms with Crippen molar-refractivity contribution in [2.75, 3.05) is 13.2 Å². The molecule has 2 atom stereocenters. The first-order valence-corrected chi connectivity index (χ1v) is 7.82. The fourth-order valence-electron chi connectivity index (χ4n) is 3.74. The summed E-state index contributed by atoms with van der Waals surface area (Å²) < 4.78 is 10.9. The van der Waals surface area contributed by atoms with E-state index in [2.05, 4.69) is 48.5 Å². The van der Waals surface area contributed by atoms with Crippen molar-refractivity contribution in [3.8, 4) is 0 Å². The van der Waals surface area contributed by atoms with Gasteiger partial charge < -0.3 is 9.47 Å². The minimum absolute atomic E-state index is 0.306. The predicted octanol–water partition coefficient (Wildman–Crippen LogP) is 4.73. The third kappa shape index (κ3) is 1.51. The van der Waals surface area contributed by atoms with Crippen molar-refractivity contribution in [2.45, 2.75) is 12.2 Å². The van der Waals surface area contributed by atoms with Crippen LogP contribution in [-0.4, -0.2) is 13.2 Å². The lowest BCUT2D eigenvalue weighted by atomic mass is 9.91. The van der Waals surface area contributed by atoms with Gasteiger partial charge in [-0.2, -0.15) is 0 Å². The van der Waals surface area contributed by atoms with Gasteiger partial charge in [-0.1, -0.05) is 24.3 Å². The molecule has 2 aliphatic heterocycles. The Hall–Kier alpha value is -2.16. The van der Waals surface area contributed by atoms with Crippen molar-refractivity contribution >= 4 is 32.3 Å². The summed E-state index contributed by atoms with van der Waals surface area (Å²) in [6, 6.07) is 18.1. The first-order valence-electron chi connectivity index (χ1n) is 7.82. The maximum atomic E-state index is 5.46. The third-order valence-corrected chi connectivity index (χ3v) is 4.99. The Morgan fingerprint density at radius 1 is 0.591 bits per heavy atom. The second kappa shape index (κ2) is 3.78. The Kier molecular flexibility index (Phi) is 1.96. The molecule has 2 aliphatic rings. The number of hydrogen-bond acceptors (Lipinski definition) is 2. The van der Waals surface area contributed by atoms with Crippen LogP contribution >= 0.6 is 0 Å². The Labute approximate surface area is 127 Å². The second-order valence-corrected chi connectivity index (χ2v) is 6.46. The molecule has 0 saturated carbocycles. The maximum Gasteiger partial charge on any atom is 0.106 e. The fraction of sp³-hybridized carbons (Fsp3) is 0.200. The van der Waals surface area contributed by atoms with Gasteiger partial charge in [0.15, 0.2) is 0 Å². The minimum Gasteiger partial charge on any atom is -0.368 e. The first-order chi connectivity index (χ1) is 10.9. The van der Waals surface area contributed by atoms with Crippen LogP contribution in [-0.2, 0) is 9.47 Å². The van der Waals surface area contributed by atoms with E-state index in [0.717, 1.165) is 13.2 Å². The zero-order valence-corrected chi connectivity index (χ0v) is 12.0. The molecule has 2 unspecified atom stereocenters. The van der Waals surface area contributed by atoms with Gasteiger partial charge in [0.05, 0.1) is 13.2 Å². The molecular formula is C20H14O2. The monoisotopic (exact) mass is 286 g/mol. The summed E-state index contributed by atoms with van der Waals surface area (Å²) in [5, 5.41) is 8.02. The molecule has 0 amide bonds. The molecule has 0 aliphatic carbocycles. The van der Waals surface area contributed by atoms with E-state index in [1.807, 2.05) is 0 Å². The van der Waals surface area contributed by atoms with Gasteiger partial charge >= 0.3 is 0 Å². The highest BCUT2D eigenvalue weighted by molar-refractivity contribution is 6.23. The van der Waals surface area contributed by atoms with Gasteiger partial charge in [0.1, 0.15) is 12.2 Å². The molecule has 4 aromatic carbocycles. The highest BCUT2D eigenvalue weighted by atomic mass is 16.6. The molecule has 2 heterocycles. The standard InChI is InChI=1S/C20H14O2/c1-2-12-6-16(18-10-22-18)8-14-4-3-13-7-15(17-9-21-17)5-11(1)19(13)20(12)14/h1-8,17-18H,9-10H2. The van der Waals surface area contributed by atoms with E-state index in [-0.39, 0.29) is 0 Å². The van der Waals surface area contributed by atoms with Gasteiger partial charge in [0, 0.05) is 0 Å². The van der Waals surface area contributed by atoms with E-state index in [9.17, 15) is 0 Å². The lowest BCUT2D eigenvalue weighted by Crippen LogP contribution is -1.89. The number of hydrogen-bond donors (Lipinski definition) is 0. The number of rotatable bonds is 2. The lowest BCUT2D eigenvalue weighted by Gasteiger charge is -2.13. The zero-order chi connectivity index (χ0) is 14.3. The van der Waals surface area contributed by atoms with Crippen molar-refractivity contribution in [3.05, 3.63) is 59.7 Å². The predicted molar refractivity (Wildman–Crippen MR) is 87.5 cm³/mol. The topological polar surface area (TPSA) is 25.1 Å². The van der Waals surface area contributed by atoms with Gasteiger partial charge in [-0.05, 0) is 67.7 Å². The number of epoxide rings is 2. The van der Waals surface area contributed by atoms with E-state index >= 15 is 0 Å². The normalized spacial score (nSPS) is 23.6. The highest BCUT2D eigenvalue weighted by Crippen LogP contribution is 2.41. The Morgan fingerprint density at radius 3 is 1.18 bits per heavy atom. The van der Waals surface area contributed by atoms with E-state index in [4.69, 9.17) is 9.47 Å². The fourth-order valence-corrected chi connectivity index (χ4v) is 3.74. The van der Waals surface area contributed by atoms with Crippen molar-refractivity contribution in [1.82, 2.24) is 0 Å². The summed E-state index contributed by atoms with van der Waals surface area (Å²) in [6.45, 7) is 1.72. The molecule has 6 rings (SSSR count). The first kappa shape index (κ1) is 11.4. The third-order valence-electron chi connectivity index (χ3n) is 4.99. The van der Waals surface area contributed by atoms with Crippen molar-refractivity contribution in [2.24, 2.45) is 0 Å². The Bertz CT molecular complexity index is 890. The zero-order valence-electron chi connectivity index (χ0n) is 12.0. The molecule has 0 bridgehead atoms. The van der Waals surface area contributed by atoms with Crippen LogP contribution in [0.1, 0.15) is 23.3 Å². The van der Waals surface area contributed by atoms with E-state index in [0.29, 0.717) is 12.2 Å². The van der Waals surface area contributed by atoms with Gasteiger partial charge in [-0.15, -0.1) is 0 Å². The Balaban J connectivity index is 1.75. The summed E-state index contributed by atoms with van der Waals surface area (Å²) >= 11 is 0. The van der Waals surface area contributed by atoms with Gasteiger partial charge in [0.2, 0.25) is 0 Å². The van der Waals surface area contributed by atoms with Gasteiger partial charge in [-0.25, -0.2) is 0 Å². The van der Waals surface area contributed by atoms with Crippen LogP contribution in [0.3, 0.4) is 0 Å². The maximum absolute atomic E-state index is 5.46. The summed E-state index contributed by atoms with van der Waals surface area (Å²) in [5.74, 6) is 0. The number of benzene rings is 4. The summed E-state index contributed by atoms with van der Waals surface area (Å²) in [5.41, 5.74) is 2.61. The molecular weight excluding hydrogens is 272 g/mol. The molecule has 106 valence electrons. The summed E-state index contributed by atoms with van der Waals surface area (Å²) in [7, 11) is 0. The largest absolute Gasteiger partial charge is 0.368 e. The van der Waals surface area contributed by atoms with Crippen LogP contribution in [0.2, 0.25) is 0 Å². The average molecular weight is 286 g/mol. The molecule has 4 aromatic rings. The smallest absolute Gasteiger partial charge is 0.106 e.